The van der Waals surface area contributed by atoms with Gasteiger partial charge in [0.1, 0.15) is 0 Å². The molecule has 0 unspecified atom stereocenters. The lowest BCUT2D eigenvalue weighted by Crippen LogP contribution is -2.38. The maximum atomic E-state index is 12.3. The second-order valence-corrected chi connectivity index (χ2v) is 6.47. The van der Waals surface area contributed by atoms with Crippen LogP contribution in [0.3, 0.4) is 0 Å². The van der Waals surface area contributed by atoms with Gasteiger partial charge in [0.2, 0.25) is 11.8 Å². The number of benzene rings is 1. The molecule has 10 heteroatoms. The van der Waals surface area contributed by atoms with Crippen molar-refractivity contribution in [1.29, 1.82) is 0 Å². The Hall–Kier alpha value is -3.30. The average Bonchev–Trinajstić information content (AvgIpc) is 2.71. The summed E-state index contributed by atoms with van der Waals surface area (Å²) in [4.78, 5) is 29.3. The summed E-state index contributed by atoms with van der Waals surface area (Å²) < 4.78 is 41.6. The number of ether oxygens (including phenoxy) is 1. The van der Waals surface area contributed by atoms with E-state index in [0.717, 1.165) is 5.56 Å². The Bertz CT molecular complexity index is 832. The minimum atomic E-state index is -4.48. The number of halogens is 3. The number of rotatable bonds is 9. The number of hydrogen-bond acceptors (Lipinski definition) is 4. The normalized spacial score (nSPS) is 10.9. The van der Waals surface area contributed by atoms with Crippen molar-refractivity contribution in [3.63, 3.8) is 0 Å². The van der Waals surface area contributed by atoms with Crippen molar-refractivity contribution in [2.75, 3.05) is 20.2 Å². The van der Waals surface area contributed by atoms with Crippen LogP contribution in [0.25, 0.3) is 0 Å². The Morgan fingerprint density at radius 1 is 1.10 bits per heavy atom. The van der Waals surface area contributed by atoms with Crippen LogP contribution in [0.1, 0.15) is 17.5 Å². The number of hydrogen-bond donors (Lipinski definition) is 2. The van der Waals surface area contributed by atoms with Gasteiger partial charge in [-0.1, -0.05) is 36.4 Å². The van der Waals surface area contributed by atoms with Gasteiger partial charge in [0.05, 0.1) is 0 Å². The van der Waals surface area contributed by atoms with E-state index in [0.29, 0.717) is 12.1 Å². The molecule has 0 saturated carbocycles. The van der Waals surface area contributed by atoms with Crippen molar-refractivity contribution in [1.82, 2.24) is 20.5 Å². The average molecular weight is 424 g/mol. The van der Waals surface area contributed by atoms with Gasteiger partial charge in [-0.15, -0.1) is 0 Å². The molecule has 0 atom stereocenters. The van der Waals surface area contributed by atoms with E-state index in [1.807, 2.05) is 30.3 Å². The monoisotopic (exact) mass is 424 g/mol. The zero-order valence-electron chi connectivity index (χ0n) is 16.4. The summed E-state index contributed by atoms with van der Waals surface area (Å²) in [5.41, 5.74) is 1.30. The van der Waals surface area contributed by atoms with Gasteiger partial charge in [-0.05, 0) is 11.6 Å². The number of nitrogens with zero attached hydrogens (tertiary/aromatic N) is 2. The standard InChI is InChI=1S/C20H23F3N4O3/c1-27(13-15-6-3-2-4-7-15)19(29)25-11-9-17(28)26-12-16-8-5-10-24-18(16)30-14-20(21,22)23/h2-8,10H,9,11-14H2,1H3,(H,25,29)(H,26,28). The summed E-state index contributed by atoms with van der Waals surface area (Å²) in [5, 5.41) is 5.22. The zero-order chi connectivity index (χ0) is 22.0. The third-order valence-corrected chi connectivity index (χ3v) is 3.94. The number of pyridine rings is 1. The lowest BCUT2D eigenvalue weighted by Gasteiger charge is -2.18. The van der Waals surface area contributed by atoms with Gasteiger partial charge >= 0.3 is 12.2 Å². The Labute approximate surface area is 172 Å². The second-order valence-electron chi connectivity index (χ2n) is 6.47. The quantitative estimate of drug-likeness (QED) is 0.649. The summed E-state index contributed by atoms with van der Waals surface area (Å²) in [6, 6.07) is 12.2. The molecular weight excluding hydrogens is 401 g/mol. The Morgan fingerprint density at radius 3 is 2.53 bits per heavy atom. The first-order valence-electron chi connectivity index (χ1n) is 9.17. The molecule has 0 bridgehead atoms. The molecule has 3 amide bonds. The van der Waals surface area contributed by atoms with E-state index in [1.165, 1.54) is 23.2 Å². The van der Waals surface area contributed by atoms with Crippen LogP contribution in [-0.4, -0.2) is 48.2 Å². The van der Waals surface area contributed by atoms with Crippen molar-refractivity contribution in [3.8, 4) is 5.88 Å². The van der Waals surface area contributed by atoms with E-state index in [1.54, 1.807) is 7.05 Å². The highest BCUT2D eigenvalue weighted by Crippen LogP contribution is 2.19. The van der Waals surface area contributed by atoms with Crippen molar-refractivity contribution < 1.29 is 27.5 Å². The molecule has 0 spiro atoms. The van der Waals surface area contributed by atoms with Crippen LogP contribution in [0.5, 0.6) is 5.88 Å². The number of urea groups is 1. The van der Waals surface area contributed by atoms with Crippen LogP contribution in [0, 0.1) is 0 Å². The third kappa shape index (κ3) is 8.38. The molecule has 1 aromatic heterocycles. The third-order valence-electron chi connectivity index (χ3n) is 3.94. The van der Waals surface area contributed by atoms with Gasteiger partial charge in [-0.2, -0.15) is 13.2 Å². The first kappa shape index (κ1) is 23.0. The van der Waals surface area contributed by atoms with Gasteiger partial charge < -0.3 is 20.3 Å². The summed E-state index contributed by atoms with van der Waals surface area (Å²) in [6.45, 7) is -0.954. The molecule has 0 aliphatic carbocycles. The fourth-order valence-corrected chi connectivity index (χ4v) is 2.47. The van der Waals surface area contributed by atoms with Crippen LogP contribution in [-0.2, 0) is 17.9 Å². The number of carbonyl (C=O) groups excluding carboxylic acids is 2. The molecule has 30 heavy (non-hydrogen) atoms. The molecule has 1 heterocycles. The highest BCUT2D eigenvalue weighted by atomic mass is 19.4. The van der Waals surface area contributed by atoms with E-state index in [-0.39, 0.29) is 37.3 Å². The van der Waals surface area contributed by atoms with Gasteiger partial charge in [-0.25, -0.2) is 9.78 Å². The van der Waals surface area contributed by atoms with Crippen LogP contribution in [0.15, 0.2) is 48.7 Å². The Morgan fingerprint density at radius 2 is 1.83 bits per heavy atom. The van der Waals surface area contributed by atoms with E-state index >= 15 is 0 Å². The predicted octanol–water partition coefficient (Wildman–Crippen LogP) is 2.87. The SMILES string of the molecule is CN(Cc1ccccc1)C(=O)NCCC(=O)NCc1cccnc1OCC(F)(F)F. The second kappa shape index (κ2) is 11.0. The van der Waals surface area contributed by atoms with Crippen molar-refractivity contribution >= 4 is 11.9 Å². The van der Waals surface area contributed by atoms with Crippen LogP contribution >= 0.6 is 0 Å². The molecule has 7 nitrogen and oxygen atoms in total. The smallest absolute Gasteiger partial charge is 0.422 e. The molecule has 0 aliphatic heterocycles. The van der Waals surface area contributed by atoms with Gasteiger partial charge in [0.15, 0.2) is 6.61 Å². The number of alkyl halides is 3. The summed E-state index contributed by atoms with van der Waals surface area (Å²) in [5.74, 6) is -0.558. The zero-order valence-corrected chi connectivity index (χ0v) is 16.4. The van der Waals surface area contributed by atoms with Gasteiger partial charge in [0.25, 0.3) is 0 Å². The number of aromatic nitrogens is 1. The fraction of sp³-hybridized carbons (Fsp3) is 0.350. The van der Waals surface area contributed by atoms with Gasteiger partial charge in [-0.3, -0.25) is 4.79 Å². The number of amides is 3. The summed E-state index contributed by atoms with van der Waals surface area (Å²) in [6.07, 6.45) is -3.16. The maximum absolute atomic E-state index is 12.3. The molecule has 2 aromatic rings. The first-order chi connectivity index (χ1) is 14.2. The predicted molar refractivity (Wildman–Crippen MR) is 104 cm³/mol. The fourth-order valence-electron chi connectivity index (χ4n) is 2.47. The van der Waals surface area contributed by atoms with Crippen molar-refractivity contribution in [2.24, 2.45) is 0 Å². The molecule has 0 saturated heterocycles. The van der Waals surface area contributed by atoms with E-state index in [2.05, 4.69) is 20.4 Å². The van der Waals surface area contributed by atoms with E-state index in [4.69, 9.17) is 0 Å². The topological polar surface area (TPSA) is 83.6 Å². The Kier molecular flexibility index (Phi) is 8.45. The molecule has 2 rings (SSSR count). The van der Waals surface area contributed by atoms with Crippen LogP contribution in [0.4, 0.5) is 18.0 Å². The lowest BCUT2D eigenvalue weighted by atomic mass is 10.2. The molecule has 0 radical (unpaired) electrons. The highest BCUT2D eigenvalue weighted by molar-refractivity contribution is 5.78. The molecule has 2 N–H and O–H groups in total. The molecule has 0 fully saturated rings. The molecular formula is C20H23F3N4O3. The number of carbonyl (C=O) groups is 2. The van der Waals surface area contributed by atoms with Crippen molar-refractivity contribution in [3.05, 3.63) is 59.8 Å². The minimum absolute atomic E-state index is 0.0178. The van der Waals surface area contributed by atoms with Crippen molar-refractivity contribution in [2.45, 2.75) is 25.7 Å². The first-order valence-corrected chi connectivity index (χ1v) is 9.17. The highest BCUT2D eigenvalue weighted by Gasteiger charge is 2.29. The van der Waals surface area contributed by atoms with E-state index < -0.39 is 12.8 Å². The van der Waals surface area contributed by atoms with E-state index in [9.17, 15) is 22.8 Å². The summed E-state index contributed by atoms with van der Waals surface area (Å²) >= 11 is 0. The largest absolute Gasteiger partial charge is 0.468 e. The lowest BCUT2D eigenvalue weighted by molar-refractivity contribution is -0.154. The number of nitrogens with one attached hydrogen (secondary N) is 2. The molecule has 162 valence electrons. The maximum Gasteiger partial charge on any atom is 0.422 e. The Balaban J connectivity index is 1.72. The van der Waals surface area contributed by atoms with Crippen LogP contribution in [0.2, 0.25) is 0 Å². The molecule has 1 aromatic carbocycles. The molecule has 0 aliphatic rings. The minimum Gasteiger partial charge on any atom is -0.468 e. The summed E-state index contributed by atoms with van der Waals surface area (Å²) in [7, 11) is 1.65. The van der Waals surface area contributed by atoms with Gasteiger partial charge in [0, 0.05) is 44.9 Å². The van der Waals surface area contributed by atoms with Crippen LogP contribution < -0.4 is 15.4 Å².